The Bertz CT molecular complexity index is 319. The summed E-state index contributed by atoms with van der Waals surface area (Å²) in [5, 5.41) is 0. The number of likely N-dealkylation sites (tertiary alicyclic amines) is 1. The van der Waals surface area contributed by atoms with Crippen LogP contribution >= 0.6 is 0 Å². The number of hydrogen-bond acceptors (Lipinski definition) is 3. The van der Waals surface area contributed by atoms with Crippen molar-refractivity contribution in [2.24, 2.45) is 0 Å². The van der Waals surface area contributed by atoms with Gasteiger partial charge in [0.15, 0.2) is 0 Å². The summed E-state index contributed by atoms with van der Waals surface area (Å²) in [5.41, 5.74) is -0.927. The van der Waals surface area contributed by atoms with E-state index < -0.39 is 36.2 Å². The van der Waals surface area contributed by atoms with Crippen molar-refractivity contribution in [3.05, 3.63) is 0 Å². The first-order chi connectivity index (χ1) is 7.02. The molecule has 0 aromatic carbocycles. The zero-order valence-corrected chi connectivity index (χ0v) is 9.09. The van der Waals surface area contributed by atoms with Crippen LogP contribution in [0.2, 0.25) is 0 Å². The maximum absolute atomic E-state index is 12.3. The van der Waals surface area contributed by atoms with E-state index in [2.05, 4.69) is 0 Å². The van der Waals surface area contributed by atoms with E-state index in [0.717, 1.165) is 0 Å². The van der Waals surface area contributed by atoms with Gasteiger partial charge in [-0.25, -0.2) is 9.69 Å². The van der Waals surface area contributed by atoms with E-state index in [4.69, 9.17) is 4.74 Å². The van der Waals surface area contributed by atoms with Gasteiger partial charge >= 0.3 is 12.3 Å². The first-order valence-corrected chi connectivity index (χ1v) is 4.64. The van der Waals surface area contributed by atoms with Gasteiger partial charge in [-0.05, 0) is 20.8 Å². The van der Waals surface area contributed by atoms with Gasteiger partial charge in [0.1, 0.15) is 11.6 Å². The molecule has 1 heterocycles. The van der Waals surface area contributed by atoms with Gasteiger partial charge in [-0.2, -0.15) is 13.2 Å². The second-order valence-electron chi connectivity index (χ2n) is 4.51. The van der Waals surface area contributed by atoms with Gasteiger partial charge < -0.3 is 4.74 Å². The topological polar surface area (TPSA) is 46.6 Å². The predicted molar refractivity (Wildman–Crippen MR) is 47.5 cm³/mol. The molecule has 0 spiro atoms. The highest BCUT2D eigenvalue weighted by Gasteiger charge is 2.57. The highest BCUT2D eigenvalue weighted by Crippen LogP contribution is 2.35. The van der Waals surface area contributed by atoms with Crippen molar-refractivity contribution in [2.45, 2.75) is 45.0 Å². The molecule has 1 fully saturated rings. The lowest BCUT2D eigenvalue weighted by Gasteiger charge is -2.39. The minimum absolute atomic E-state index is 0.116. The number of alkyl halides is 3. The monoisotopic (exact) mass is 239 g/mol. The second-order valence-corrected chi connectivity index (χ2v) is 4.51. The third-order valence-electron chi connectivity index (χ3n) is 1.92. The van der Waals surface area contributed by atoms with E-state index in [1.54, 1.807) is 0 Å². The first kappa shape index (κ1) is 12.8. The van der Waals surface area contributed by atoms with E-state index in [0.29, 0.717) is 0 Å². The van der Waals surface area contributed by atoms with E-state index in [-0.39, 0.29) is 4.90 Å². The van der Waals surface area contributed by atoms with Crippen LogP contribution in [0.1, 0.15) is 27.2 Å². The van der Waals surface area contributed by atoms with Crippen molar-refractivity contribution in [3.8, 4) is 0 Å². The normalized spacial score (nSPS) is 21.8. The minimum Gasteiger partial charge on any atom is -0.443 e. The summed E-state index contributed by atoms with van der Waals surface area (Å²) in [6.07, 6.45) is -6.53. The van der Waals surface area contributed by atoms with Crippen LogP contribution in [0.4, 0.5) is 18.0 Å². The van der Waals surface area contributed by atoms with Crippen LogP contribution in [0, 0.1) is 0 Å². The molecule has 1 aliphatic heterocycles. The summed E-state index contributed by atoms with van der Waals surface area (Å²) in [6.45, 7) is 4.53. The number of carbonyl (C=O) groups is 2. The molecule has 1 aliphatic rings. The fourth-order valence-electron chi connectivity index (χ4n) is 1.22. The number of halogens is 3. The minimum atomic E-state index is -4.59. The Hall–Kier alpha value is -1.27. The zero-order valence-electron chi connectivity index (χ0n) is 9.09. The highest BCUT2D eigenvalue weighted by atomic mass is 19.4. The molecule has 0 unspecified atom stereocenters. The van der Waals surface area contributed by atoms with E-state index >= 15 is 0 Å². The number of imide groups is 1. The Morgan fingerprint density at radius 1 is 1.38 bits per heavy atom. The van der Waals surface area contributed by atoms with Crippen molar-refractivity contribution >= 4 is 12.0 Å². The Labute approximate surface area is 90.3 Å². The molecule has 0 radical (unpaired) electrons. The van der Waals surface area contributed by atoms with E-state index in [1.807, 2.05) is 0 Å². The molecular weight excluding hydrogens is 227 g/mol. The van der Waals surface area contributed by atoms with E-state index in [9.17, 15) is 22.8 Å². The van der Waals surface area contributed by atoms with Crippen molar-refractivity contribution in [2.75, 3.05) is 0 Å². The van der Waals surface area contributed by atoms with Gasteiger partial charge in [0.2, 0.25) is 5.91 Å². The van der Waals surface area contributed by atoms with Crippen LogP contribution in [0.25, 0.3) is 0 Å². The van der Waals surface area contributed by atoms with Crippen LogP contribution in [0.15, 0.2) is 0 Å². The average Bonchev–Trinajstić information content (AvgIpc) is 1.93. The van der Waals surface area contributed by atoms with Gasteiger partial charge in [-0.15, -0.1) is 0 Å². The van der Waals surface area contributed by atoms with Crippen LogP contribution in [-0.4, -0.2) is 34.7 Å². The molecular formula is C9H12F3NO3. The number of β-lactam (4-membered cyclic amide) rings is 1. The summed E-state index contributed by atoms with van der Waals surface area (Å²) in [6, 6.07) is -2.05. The molecule has 2 amide bonds. The Morgan fingerprint density at radius 2 is 1.88 bits per heavy atom. The molecule has 16 heavy (non-hydrogen) atoms. The summed E-state index contributed by atoms with van der Waals surface area (Å²) in [4.78, 5) is 22.3. The molecule has 0 aliphatic carbocycles. The predicted octanol–water partition coefficient (Wildman–Crippen LogP) is 2.08. The van der Waals surface area contributed by atoms with Crippen LogP contribution in [0.5, 0.6) is 0 Å². The van der Waals surface area contributed by atoms with Gasteiger partial charge in [-0.1, -0.05) is 0 Å². The van der Waals surface area contributed by atoms with Crippen molar-refractivity contribution < 1.29 is 27.5 Å². The molecule has 0 aromatic heterocycles. The largest absolute Gasteiger partial charge is 0.443 e. The number of ether oxygens (including phenoxy) is 1. The molecule has 0 bridgehead atoms. The number of carbonyl (C=O) groups excluding carboxylic acids is 2. The summed E-state index contributed by atoms with van der Waals surface area (Å²) in [5.74, 6) is -0.864. The Kier molecular flexibility index (Phi) is 2.91. The summed E-state index contributed by atoms with van der Waals surface area (Å²) in [7, 11) is 0. The van der Waals surface area contributed by atoms with Gasteiger partial charge in [0.25, 0.3) is 0 Å². The Balaban J connectivity index is 2.72. The zero-order chi connectivity index (χ0) is 12.7. The lowest BCUT2D eigenvalue weighted by molar-refractivity contribution is -0.208. The molecule has 1 saturated heterocycles. The summed E-state index contributed by atoms with van der Waals surface area (Å²) >= 11 is 0. The maximum atomic E-state index is 12.3. The number of hydrogen-bond donors (Lipinski definition) is 0. The smallest absolute Gasteiger partial charge is 0.417 e. The average molecular weight is 239 g/mol. The summed E-state index contributed by atoms with van der Waals surface area (Å²) < 4.78 is 41.7. The SMILES string of the molecule is CC(C)(C)OC(=O)N1C(=O)C[C@@H]1C(F)(F)F. The lowest BCUT2D eigenvalue weighted by Crippen LogP contribution is -2.62. The van der Waals surface area contributed by atoms with Gasteiger partial charge in [-0.3, -0.25) is 4.79 Å². The fourth-order valence-corrected chi connectivity index (χ4v) is 1.22. The van der Waals surface area contributed by atoms with Crippen LogP contribution in [-0.2, 0) is 9.53 Å². The first-order valence-electron chi connectivity index (χ1n) is 4.64. The fraction of sp³-hybridized carbons (Fsp3) is 0.778. The molecule has 0 N–H and O–H groups in total. The number of amides is 2. The lowest BCUT2D eigenvalue weighted by atomic mass is 10.0. The quantitative estimate of drug-likeness (QED) is 0.608. The molecule has 1 atom stereocenters. The third-order valence-corrected chi connectivity index (χ3v) is 1.92. The van der Waals surface area contributed by atoms with E-state index in [1.165, 1.54) is 20.8 Å². The van der Waals surface area contributed by atoms with Crippen LogP contribution < -0.4 is 0 Å². The number of nitrogens with zero attached hydrogens (tertiary/aromatic N) is 1. The van der Waals surface area contributed by atoms with Crippen molar-refractivity contribution in [1.82, 2.24) is 4.90 Å². The molecule has 4 nitrogen and oxygen atoms in total. The molecule has 1 rings (SSSR count). The molecule has 0 aromatic rings. The van der Waals surface area contributed by atoms with Gasteiger partial charge in [0.05, 0.1) is 6.42 Å². The second kappa shape index (κ2) is 3.64. The van der Waals surface area contributed by atoms with Crippen molar-refractivity contribution in [1.29, 1.82) is 0 Å². The third kappa shape index (κ3) is 2.65. The Morgan fingerprint density at radius 3 is 2.19 bits per heavy atom. The molecule has 7 heteroatoms. The molecule has 0 saturated carbocycles. The maximum Gasteiger partial charge on any atom is 0.417 e. The van der Waals surface area contributed by atoms with Crippen LogP contribution in [0.3, 0.4) is 0 Å². The number of rotatable bonds is 0. The highest BCUT2D eigenvalue weighted by molar-refractivity contribution is 5.98. The van der Waals surface area contributed by atoms with Crippen molar-refractivity contribution in [3.63, 3.8) is 0 Å². The molecule has 92 valence electrons. The van der Waals surface area contributed by atoms with Gasteiger partial charge in [0, 0.05) is 0 Å². The standard InChI is InChI=1S/C9H12F3NO3/c1-8(2,3)16-7(15)13-5(4-6(13)14)9(10,11)12/h5H,4H2,1-3H3/t5-/m1/s1.